The standard InChI is InChI=1S/C34H32N2O2/c37-34(35-27-14-16-28(17-15-27)38-21-22-7-3-1-4-8-22)26-13-18-30-29(20-26)31-24-11-12-25(19-24)32(31)33(36-30)23-9-5-2-6-10-23/h1-10,13-18,20,24-25,31-33,36H,11-12,19,21H2,(H,35,37)/t24-,25-,31-,32-,33-/m0/s1. The molecule has 1 aliphatic heterocycles. The van der Waals surface area contributed by atoms with Crippen LogP contribution < -0.4 is 15.4 Å². The maximum Gasteiger partial charge on any atom is 0.255 e. The number of anilines is 2. The molecule has 5 atom stereocenters. The summed E-state index contributed by atoms with van der Waals surface area (Å²) in [6.45, 7) is 0.519. The van der Waals surface area contributed by atoms with Crippen LogP contribution in [0.5, 0.6) is 5.75 Å². The fraction of sp³-hybridized carbons (Fsp3) is 0.265. The number of hydrogen-bond donors (Lipinski definition) is 2. The van der Waals surface area contributed by atoms with Crippen molar-refractivity contribution in [3.8, 4) is 5.75 Å². The molecule has 0 radical (unpaired) electrons. The van der Waals surface area contributed by atoms with E-state index in [4.69, 9.17) is 4.74 Å². The Morgan fingerprint density at radius 2 is 1.58 bits per heavy atom. The average Bonchev–Trinajstić information content (AvgIpc) is 3.60. The van der Waals surface area contributed by atoms with Crippen LogP contribution in [0.25, 0.3) is 0 Å². The molecule has 4 aromatic rings. The molecule has 4 aromatic carbocycles. The second-order valence-corrected chi connectivity index (χ2v) is 11.0. The van der Waals surface area contributed by atoms with E-state index in [1.807, 2.05) is 60.7 Å². The van der Waals surface area contributed by atoms with Crippen molar-refractivity contribution in [2.75, 3.05) is 10.6 Å². The minimum Gasteiger partial charge on any atom is -0.489 e. The molecule has 2 N–H and O–H groups in total. The third-order valence-electron chi connectivity index (χ3n) is 8.87. The molecule has 3 aliphatic rings. The summed E-state index contributed by atoms with van der Waals surface area (Å²) in [5.74, 6) is 3.29. The van der Waals surface area contributed by atoms with Crippen molar-refractivity contribution >= 4 is 17.3 Å². The van der Waals surface area contributed by atoms with Crippen LogP contribution in [0, 0.1) is 17.8 Å². The number of rotatable bonds is 6. The van der Waals surface area contributed by atoms with Gasteiger partial charge in [-0.2, -0.15) is 0 Å². The molecule has 4 heteroatoms. The summed E-state index contributed by atoms with van der Waals surface area (Å²) in [7, 11) is 0. The van der Waals surface area contributed by atoms with Gasteiger partial charge in [0.1, 0.15) is 12.4 Å². The number of nitrogens with one attached hydrogen (secondary N) is 2. The van der Waals surface area contributed by atoms with Crippen molar-refractivity contribution in [1.29, 1.82) is 0 Å². The monoisotopic (exact) mass is 500 g/mol. The summed E-state index contributed by atoms with van der Waals surface area (Å²) in [6.07, 6.45) is 3.95. The highest BCUT2D eigenvalue weighted by Gasteiger charge is 2.53. The predicted octanol–water partition coefficient (Wildman–Crippen LogP) is 7.81. The van der Waals surface area contributed by atoms with Crippen LogP contribution in [-0.2, 0) is 6.61 Å². The Bertz CT molecular complexity index is 1430. The molecule has 4 nitrogen and oxygen atoms in total. The fourth-order valence-corrected chi connectivity index (χ4v) is 7.20. The van der Waals surface area contributed by atoms with Crippen LogP contribution in [0.4, 0.5) is 11.4 Å². The lowest BCUT2D eigenvalue weighted by molar-refractivity contribution is 0.102. The summed E-state index contributed by atoms with van der Waals surface area (Å²) < 4.78 is 5.88. The second kappa shape index (κ2) is 9.68. The molecule has 0 saturated heterocycles. The van der Waals surface area contributed by atoms with Gasteiger partial charge >= 0.3 is 0 Å². The zero-order chi connectivity index (χ0) is 25.5. The number of benzene rings is 4. The largest absolute Gasteiger partial charge is 0.489 e. The first kappa shape index (κ1) is 23.1. The second-order valence-electron chi connectivity index (χ2n) is 11.0. The predicted molar refractivity (Wildman–Crippen MR) is 151 cm³/mol. The van der Waals surface area contributed by atoms with E-state index in [9.17, 15) is 4.79 Å². The van der Waals surface area contributed by atoms with E-state index in [1.54, 1.807) is 0 Å². The van der Waals surface area contributed by atoms with Gasteiger partial charge in [-0.05, 0) is 102 Å². The first-order valence-electron chi connectivity index (χ1n) is 13.8. The van der Waals surface area contributed by atoms with Gasteiger partial charge < -0.3 is 15.4 Å². The summed E-state index contributed by atoms with van der Waals surface area (Å²) in [4.78, 5) is 13.3. The van der Waals surface area contributed by atoms with Gasteiger partial charge in [-0.3, -0.25) is 4.79 Å². The summed E-state index contributed by atoms with van der Waals surface area (Å²) in [6, 6.07) is 35.1. The molecule has 1 heterocycles. The third-order valence-corrected chi connectivity index (χ3v) is 8.87. The van der Waals surface area contributed by atoms with Crippen LogP contribution >= 0.6 is 0 Å². The smallest absolute Gasteiger partial charge is 0.255 e. The molecule has 2 aliphatic carbocycles. The number of amides is 1. The van der Waals surface area contributed by atoms with Crippen molar-refractivity contribution in [3.63, 3.8) is 0 Å². The van der Waals surface area contributed by atoms with Crippen LogP contribution in [-0.4, -0.2) is 5.91 Å². The maximum absolute atomic E-state index is 13.3. The highest BCUT2D eigenvalue weighted by atomic mass is 16.5. The zero-order valence-corrected chi connectivity index (χ0v) is 21.3. The lowest BCUT2D eigenvalue weighted by Crippen LogP contribution is -2.35. The molecule has 1 amide bonds. The van der Waals surface area contributed by atoms with Gasteiger partial charge in [-0.25, -0.2) is 0 Å². The number of hydrogen-bond acceptors (Lipinski definition) is 3. The molecule has 0 aromatic heterocycles. The Morgan fingerprint density at radius 1 is 0.842 bits per heavy atom. The molecule has 2 bridgehead atoms. The molecule has 0 spiro atoms. The van der Waals surface area contributed by atoms with Crippen molar-refractivity contribution in [3.05, 3.63) is 125 Å². The normalized spacial score (nSPS) is 24.7. The topological polar surface area (TPSA) is 50.4 Å². The molecular weight excluding hydrogens is 468 g/mol. The average molecular weight is 501 g/mol. The number of carbonyl (C=O) groups is 1. The minimum absolute atomic E-state index is 0.0735. The van der Waals surface area contributed by atoms with Crippen LogP contribution in [0.2, 0.25) is 0 Å². The van der Waals surface area contributed by atoms with Crippen molar-refractivity contribution in [1.82, 2.24) is 0 Å². The van der Waals surface area contributed by atoms with E-state index in [1.165, 1.54) is 36.1 Å². The van der Waals surface area contributed by atoms with Crippen LogP contribution in [0.1, 0.15) is 58.3 Å². The van der Waals surface area contributed by atoms with Gasteiger partial charge in [0.2, 0.25) is 0 Å². The van der Waals surface area contributed by atoms with Gasteiger partial charge in [0.25, 0.3) is 5.91 Å². The highest BCUT2D eigenvalue weighted by molar-refractivity contribution is 6.04. The lowest BCUT2D eigenvalue weighted by atomic mass is 9.68. The third kappa shape index (κ3) is 4.24. The molecule has 2 saturated carbocycles. The van der Waals surface area contributed by atoms with Gasteiger partial charge in [0.15, 0.2) is 0 Å². The summed E-state index contributed by atoms with van der Waals surface area (Å²) in [5.41, 5.74) is 6.49. The molecule has 2 fully saturated rings. The highest BCUT2D eigenvalue weighted by Crippen LogP contribution is 2.63. The molecule has 7 rings (SSSR count). The minimum atomic E-state index is -0.0735. The van der Waals surface area contributed by atoms with E-state index in [0.717, 1.165) is 34.4 Å². The molecule has 38 heavy (non-hydrogen) atoms. The van der Waals surface area contributed by atoms with Gasteiger partial charge in [-0.1, -0.05) is 60.7 Å². The van der Waals surface area contributed by atoms with Gasteiger partial charge in [0, 0.05) is 16.9 Å². The molecule has 190 valence electrons. The van der Waals surface area contributed by atoms with E-state index in [0.29, 0.717) is 24.5 Å². The number of ether oxygens (including phenoxy) is 1. The van der Waals surface area contributed by atoms with E-state index in [2.05, 4.69) is 53.1 Å². The van der Waals surface area contributed by atoms with Gasteiger partial charge in [0.05, 0.1) is 6.04 Å². The van der Waals surface area contributed by atoms with Crippen LogP contribution in [0.15, 0.2) is 103 Å². The van der Waals surface area contributed by atoms with Gasteiger partial charge in [-0.15, -0.1) is 0 Å². The lowest BCUT2D eigenvalue weighted by Gasteiger charge is -2.43. The Hall–Kier alpha value is -4.05. The van der Waals surface area contributed by atoms with Crippen molar-refractivity contribution in [2.45, 2.75) is 37.8 Å². The Labute approximate surface area is 224 Å². The molecule has 0 unspecified atom stereocenters. The Kier molecular flexibility index (Phi) is 5.88. The van der Waals surface area contributed by atoms with E-state index >= 15 is 0 Å². The summed E-state index contributed by atoms with van der Waals surface area (Å²) in [5, 5.41) is 6.95. The fourth-order valence-electron chi connectivity index (χ4n) is 7.20. The first-order chi connectivity index (χ1) is 18.7. The van der Waals surface area contributed by atoms with Crippen molar-refractivity contribution in [2.24, 2.45) is 17.8 Å². The van der Waals surface area contributed by atoms with E-state index in [-0.39, 0.29) is 5.91 Å². The first-order valence-corrected chi connectivity index (χ1v) is 13.8. The van der Waals surface area contributed by atoms with E-state index < -0.39 is 0 Å². The maximum atomic E-state index is 13.3. The Morgan fingerprint density at radius 3 is 2.37 bits per heavy atom. The SMILES string of the molecule is O=C(Nc1ccc(OCc2ccccc2)cc1)c1ccc2c(c1)[C@@H]1[C@H]3CC[C@@H](C3)[C@@H]1[C@H](c1ccccc1)N2. The number of fused-ring (bicyclic) bond motifs is 7. The summed E-state index contributed by atoms with van der Waals surface area (Å²) >= 11 is 0. The zero-order valence-electron chi connectivity index (χ0n) is 21.3. The van der Waals surface area contributed by atoms with Crippen LogP contribution in [0.3, 0.4) is 0 Å². The number of carbonyl (C=O) groups excluding carboxylic acids is 1. The molecular formula is C34H32N2O2. The Balaban J connectivity index is 1.08. The quantitative estimate of drug-likeness (QED) is 0.284. The van der Waals surface area contributed by atoms with Crippen molar-refractivity contribution < 1.29 is 9.53 Å².